The number of halogens is 2. The predicted octanol–water partition coefficient (Wildman–Crippen LogP) is 4.16. The second-order valence-electron chi connectivity index (χ2n) is 6.56. The minimum absolute atomic E-state index is 0.110. The molecule has 0 fully saturated rings. The molecule has 0 aliphatic carbocycles. The van der Waals surface area contributed by atoms with E-state index in [4.69, 9.17) is 5.73 Å². The summed E-state index contributed by atoms with van der Waals surface area (Å²) in [4.78, 5) is 0. The zero-order valence-corrected chi connectivity index (χ0v) is 12.8. The molecule has 2 rings (SSSR count). The van der Waals surface area contributed by atoms with Gasteiger partial charge in [-0.2, -0.15) is 5.10 Å². The highest BCUT2D eigenvalue weighted by atomic mass is 19.1. The summed E-state index contributed by atoms with van der Waals surface area (Å²) in [5.41, 5.74) is 7.56. The van der Waals surface area contributed by atoms with Crippen molar-refractivity contribution in [1.82, 2.24) is 10.2 Å². The van der Waals surface area contributed by atoms with Gasteiger partial charge in [-0.15, -0.1) is 0 Å². The maximum atomic E-state index is 14.0. The average Bonchev–Trinajstić information content (AvgIpc) is 2.70. The number of nitrogens with zero attached hydrogens (tertiary/aromatic N) is 1. The van der Waals surface area contributed by atoms with Gasteiger partial charge < -0.3 is 5.73 Å². The molecule has 0 spiro atoms. The Labute approximate surface area is 123 Å². The molecule has 1 heterocycles. The largest absolute Gasteiger partial charge is 0.382 e. The van der Waals surface area contributed by atoms with Crippen molar-refractivity contribution >= 4 is 5.82 Å². The van der Waals surface area contributed by atoms with Crippen LogP contribution < -0.4 is 5.73 Å². The molecule has 1 atom stereocenters. The van der Waals surface area contributed by atoms with Crippen molar-refractivity contribution in [3.05, 3.63) is 35.5 Å². The molecule has 1 aromatic carbocycles. The summed E-state index contributed by atoms with van der Waals surface area (Å²) in [7, 11) is 0. The number of H-pyrrole nitrogens is 1. The molecule has 0 aliphatic heterocycles. The molecule has 114 valence electrons. The molecule has 0 saturated heterocycles. The van der Waals surface area contributed by atoms with Crippen LogP contribution in [0.25, 0.3) is 11.1 Å². The van der Waals surface area contributed by atoms with Gasteiger partial charge in [0.25, 0.3) is 0 Å². The number of nitrogen functional groups attached to an aromatic ring is 1. The first kappa shape index (κ1) is 15.5. The lowest BCUT2D eigenvalue weighted by Gasteiger charge is -2.27. The Kier molecular flexibility index (Phi) is 4.03. The summed E-state index contributed by atoms with van der Waals surface area (Å²) in [5.74, 6) is -0.660. The highest BCUT2D eigenvalue weighted by molar-refractivity contribution is 5.76. The maximum Gasteiger partial charge on any atom is 0.153 e. The molecule has 0 amide bonds. The quantitative estimate of drug-likeness (QED) is 0.892. The van der Waals surface area contributed by atoms with E-state index >= 15 is 0 Å². The van der Waals surface area contributed by atoms with Crippen molar-refractivity contribution < 1.29 is 8.78 Å². The average molecular weight is 293 g/mol. The minimum atomic E-state index is -0.632. The highest BCUT2D eigenvalue weighted by Gasteiger charge is 2.24. The van der Waals surface area contributed by atoms with Crippen LogP contribution in [0.4, 0.5) is 14.6 Å². The molecule has 2 aromatic rings. The van der Waals surface area contributed by atoms with Gasteiger partial charge in [0, 0.05) is 22.9 Å². The van der Waals surface area contributed by atoms with Crippen LogP contribution in [0.5, 0.6) is 0 Å². The number of nitrogens with one attached hydrogen (secondary N) is 1. The number of nitrogens with two attached hydrogens (primary N) is 1. The summed E-state index contributed by atoms with van der Waals surface area (Å²) >= 11 is 0. The molecule has 1 unspecified atom stereocenters. The predicted molar refractivity (Wildman–Crippen MR) is 80.7 cm³/mol. The van der Waals surface area contributed by atoms with Crippen LogP contribution >= 0.6 is 0 Å². The summed E-state index contributed by atoms with van der Waals surface area (Å²) in [6.07, 6.45) is 0.694. The molecule has 0 radical (unpaired) electrons. The van der Waals surface area contributed by atoms with Gasteiger partial charge in [-0.1, -0.05) is 27.7 Å². The van der Waals surface area contributed by atoms with Crippen LogP contribution in [0, 0.1) is 23.0 Å². The number of hydrogen-bond acceptors (Lipinski definition) is 2. The van der Waals surface area contributed by atoms with Gasteiger partial charge in [0.05, 0.1) is 0 Å². The zero-order valence-electron chi connectivity index (χ0n) is 12.8. The summed E-state index contributed by atoms with van der Waals surface area (Å²) in [6, 6.07) is 3.48. The molecular weight excluding hydrogens is 272 g/mol. The van der Waals surface area contributed by atoms with Crippen LogP contribution in [0.1, 0.15) is 33.4 Å². The van der Waals surface area contributed by atoms with E-state index in [1.54, 1.807) is 0 Å². The fraction of sp³-hybridized carbons (Fsp3) is 0.438. The van der Waals surface area contributed by atoms with Crippen molar-refractivity contribution in [1.29, 1.82) is 0 Å². The van der Waals surface area contributed by atoms with Crippen molar-refractivity contribution in [2.75, 3.05) is 5.73 Å². The second kappa shape index (κ2) is 5.47. The second-order valence-corrected chi connectivity index (χ2v) is 6.56. The zero-order chi connectivity index (χ0) is 15.8. The summed E-state index contributed by atoms with van der Waals surface area (Å²) in [6.45, 7) is 8.57. The standard InChI is InChI=1S/C16H21F2N3/c1-9(16(2,3)4)7-13-14(15(19)21-20-13)11-6-5-10(17)8-12(11)18/h5-6,8-9H,7H2,1-4H3,(H3,19,20,21). The van der Waals surface area contributed by atoms with E-state index in [-0.39, 0.29) is 16.8 Å². The van der Waals surface area contributed by atoms with Crippen molar-refractivity contribution in [2.24, 2.45) is 11.3 Å². The number of anilines is 1. The number of hydrogen-bond donors (Lipinski definition) is 2. The third-order valence-corrected chi connectivity index (χ3v) is 4.06. The van der Waals surface area contributed by atoms with E-state index in [0.29, 0.717) is 17.9 Å². The van der Waals surface area contributed by atoms with Crippen molar-refractivity contribution in [2.45, 2.75) is 34.1 Å². The van der Waals surface area contributed by atoms with Crippen LogP contribution in [-0.4, -0.2) is 10.2 Å². The highest BCUT2D eigenvalue weighted by Crippen LogP contribution is 2.35. The molecule has 0 bridgehead atoms. The Morgan fingerprint density at radius 2 is 1.95 bits per heavy atom. The van der Waals surface area contributed by atoms with E-state index in [0.717, 1.165) is 11.8 Å². The molecular formula is C16H21F2N3. The Hall–Kier alpha value is -1.91. The van der Waals surface area contributed by atoms with Crippen LogP contribution in [0.3, 0.4) is 0 Å². The van der Waals surface area contributed by atoms with Gasteiger partial charge >= 0.3 is 0 Å². The third kappa shape index (κ3) is 3.23. The third-order valence-electron chi connectivity index (χ3n) is 4.06. The van der Waals surface area contributed by atoms with E-state index in [9.17, 15) is 8.78 Å². The smallest absolute Gasteiger partial charge is 0.153 e. The fourth-order valence-corrected chi connectivity index (χ4v) is 2.15. The van der Waals surface area contributed by atoms with Crippen molar-refractivity contribution in [3.63, 3.8) is 0 Å². The fourth-order valence-electron chi connectivity index (χ4n) is 2.15. The van der Waals surface area contributed by atoms with Gasteiger partial charge in [0.1, 0.15) is 11.6 Å². The van der Waals surface area contributed by atoms with Gasteiger partial charge in [-0.05, 0) is 29.9 Å². The first-order chi connectivity index (χ1) is 9.70. The Morgan fingerprint density at radius 1 is 1.29 bits per heavy atom. The monoisotopic (exact) mass is 293 g/mol. The Morgan fingerprint density at radius 3 is 2.52 bits per heavy atom. The molecule has 5 heteroatoms. The molecule has 3 nitrogen and oxygen atoms in total. The van der Waals surface area contributed by atoms with Gasteiger partial charge in [-0.3, -0.25) is 5.10 Å². The number of aromatic nitrogens is 2. The molecule has 3 N–H and O–H groups in total. The SMILES string of the molecule is CC(Cc1[nH]nc(N)c1-c1ccc(F)cc1F)C(C)(C)C. The Bertz CT molecular complexity index is 641. The summed E-state index contributed by atoms with van der Waals surface area (Å²) in [5, 5.41) is 6.87. The number of aromatic amines is 1. The van der Waals surface area contributed by atoms with Crippen molar-refractivity contribution in [3.8, 4) is 11.1 Å². The van der Waals surface area contributed by atoms with Gasteiger partial charge in [0.2, 0.25) is 0 Å². The Balaban J connectivity index is 2.43. The topological polar surface area (TPSA) is 54.7 Å². The molecule has 0 aliphatic rings. The van der Waals surface area contributed by atoms with Gasteiger partial charge in [-0.25, -0.2) is 8.78 Å². The first-order valence-corrected chi connectivity index (χ1v) is 6.98. The molecule has 0 saturated carbocycles. The van der Waals surface area contributed by atoms with Gasteiger partial charge in [0.15, 0.2) is 5.82 Å². The van der Waals surface area contributed by atoms with E-state index < -0.39 is 11.6 Å². The lowest BCUT2D eigenvalue weighted by molar-refractivity contribution is 0.258. The summed E-state index contributed by atoms with van der Waals surface area (Å²) < 4.78 is 27.1. The first-order valence-electron chi connectivity index (χ1n) is 6.98. The van der Waals surface area contributed by atoms with E-state index in [1.165, 1.54) is 12.1 Å². The van der Waals surface area contributed by atoms with Crippen LogP contribution in [0.15, 0.2) is 18.2 Å². The lowest BCUT2D eigenvalue weighted by Crippen LogP contribution is -2.19. The van der Waals surface area contributed by atoms with E-state index in [2.05, 4.69) is 37.9 Å². The van der Waals surface area contributed by atoms with Crippen LogP contribution in [-0.2, 0) is 6.42 Å². The number of benzene rings is 1. The molecule has 1 aromatic heterocycles. The lowest BCUT2D eigenvalue weighted by atomic mass is 9.79. The normalized spacial score (nSPS) is 13.4. The number of rotatable bonds is 3. The minimum Gasteiger partial charge on any atom is -0.382 e. The van der Waals surface area contributed by atoms with E-state index in [1.807, 2.05) is 0 Å². The molecule has 21 heavy (non-hydrogen) atoms. The van der Waals surface area contributed by atoms with Crippen LogP contribution in [0.2, 0.25) is 0 Å². The maximum absolute atomic E-state index is 14.0.